The van der Waals surface area contributed by atoms with Crippen LogP contribution in [0.4, 0.5) is 0 Å². The maximum absolute atomic E-state index is 11.2. The van der Waals surface area contributed by atoms with Gasteiger partial charge in [0.05, 0.1) is 4.90 Å². The van der Waals surface area contributed by atoms with Gasteiger partial charge in [-0.15, -0.1) is 23.2 Å². The number of hydrogen-bond donors (Lipinski definition) is 0. The maximum Gasteiger partial charge on any atom is 0.192 e. The molecule has 1 aromatic rings. The van der Waals surface area contributed by atoms with E-state index in [1.165, 1.54) is 12.1 Å². The minimum Gasteiger partial charge on any atom is -0.222 e. The van der Waals surface area contributed by atoms with Crippen molar-refractivity contribution in [2.45, 2.75) is 10.8 Å². The van der Waals surface area contributed by atoms with Crippen molar-refractivity contribution >= 4 is 33.0 Å². The smallest absolute Gasteiger partial charge is 0.192 e. The quantitative estimate of drug-likeness (QED) is 0.759. The largest absolute Gasteiger partial charge is 0.222 e. The number of alkyl halides is 2. The van der Waals surface area contributed by atoms with Crippen molar-refractivity contribution in [3.63, 3.8) is 0 Å². The van der Waals surface area contributed by atoms with Crippen LogP contribution >= 0.6 is 23.2 Å². The summed E-state index contributed by atoms with van der Waals surface area (Å²) in [4.78, 5) is 0.233. The summed E-state index contributed by atoms with van der Waals surface area (Å²) in [6, 6.07) is 6.36. The van der Waals surface area contributed by atoms with Crippen LogP contribution in [0.5, 0.6) is 0 Å². The van der Waals surface area contributed by atoms with Crippen molar-refractivity contribution in [2.24, 2.45) is 0 Å². The fourth-order valence-corrected chi connectivity index (χ4v) is 2.08. The topological polar surface area (TPSA) is 34.1 Å². The predicted molar refractivity (Wildman–Crippen MR) is 53.9 cm³/mol. The normalized spacial score (nSPS) is 11.5. The molecule has 0 spiro atoms. The third-order valence-electron chi connectivity index (χ3n) is 1.58. The van der Waals surface area contributed by atoms with Gasteiger partial charge >= 0.3 is 0 Å². The molecule has 0 atom stereocenters. The lowest BCUT2D eigenvalue weighted by atomic mass is 10.2. The van der Waals surface area contributed by atoms with E-state index in [1.54, 1.807) is 12.1 Å². The van der Waals surface area contributed by atoms with Gasteiger partial charge in [0.15, 0.2) is 9.84 Å². The van der Waals surface area contributed by atoms with Crippen molar-refractivity contribution < 1.29 is 8.42 Å². The average Bonchev–Trinajstić information content (AvgIpc) is 2.18. The molecule has 0 unspecified atom stereocenters. The minimum absolute atomic E-state index is 0.233. The Morgan fingerprint density at radius 3 is 2.00 bits per heavy atom. The lowest BCUT2D eigenvalue weighted by Crippen LogP contribution is -2.01. The Balaban J connectivity index is 3.06. The van der Waals surface area contributed by atoms with Crippen LogP contribution in [0.2, 0.25) is 0 Å². The highest BCUT2D eigenvalue weighted by molar-refractivity contribution is 7.92. The molecule has 1 aromatic carbocycles. The molecule has 5 heteroatoms. The van der Waals surface area contributed by atoms with Crippen LogP contribution in [0.3, 0.4) is 0 Å². The zero-order valence-electron chi connectivity index (χ0n) is 6.70. The highest BCUT2D eigenvalue weighted by Crippen LogP contribution is 2.14. The standard InChI is InChI=1S/C8H8Cl2O2S/c9-5-7-1-3-8(4-2-7)13(11,12)6-10/h1-4H,5-6H2. The fraction of sp³-hybridized carbons (Fsp3) is 0.250. The van der Waals surface area contributed by atoms with Crippen LogP contribution in [0.15, 0.2) is 29.2 Å². The zero-order chi connectivity index (χ0) is 9.90. The monoisotopic (exact) mass is 238 g/mol. The molecule has 0 aliphatic heterocycles. The molecule has 1 rings (SSSR count). The first kappa shape index (κ1) is 10.8. The summed E-state index contributed by atoms with van der Waals surface area (Å²) in [7, 11) is -3.30. The number of benzene rings is 1. The summed E-state index contributed by atoms with van der Waals surface area (Å²) in [6.45, 7) is 0. The van der Waals surface area contributed by atoms with Crippen molar-refractivity contribution in [2.75, 3.05) is 5.21 Å². The van der Waals surface area contributed by atoms with E-state index in [9.17, 15) is 8.42 Å². The van der Waals surface area contributed by atoms with Crippen molar-refractivity contribution in [3.8, 4) is 0 Å². The molecule has 0 N–H and O–H groups in total. The summed E-state index contributed by atoms with van der Waals surface area (Å²) in [6.07, 6.45) is 0. The van der Waals surface area contributed by atoms with Crippen LogP contribution in [0.25, 0.3) is 0 Å². The van der Waals surface area contributed by atoms with Crippen molar-refractivity contribution in [1.82, 2.24) is 0 Å². The van der Waals surface area contributed by atoms with Crippen LogP contribution in [-0.4, -0.2) is 13.6 Å². The van der Waals surface area contributed by atoms with Gasteiger partial charge in [-0.25, -0.2) is 8.42 Å². The highest BCUT2D eigenvalue weighted by Gasteiger charge is 2.11. The van der Waals surface area contributed by atoms with Crippen molar-refractivity contribution in [1.29, 1.82) is 0 Å². The molecule has 0 bridgehead atoms. The Labute approximate surface area is 87.4 Å². The van der Waals surface area contributed by atoms with Gasteiger partial charge in [-0.05, 0) is 17.7 Å². The molecule has 72 valence electrons. The van der Waals surface area contributed by atoms with Gasteiger partial charge in [-0.2, -0.15) is 0 Å². The van der Waals surface area contributed by atoms with E-state index in [-0.39, 0.29) is 4.90 Å². The molecule has 2 nitrogen and oxygen atoms in total. The Morgan fingerprint density at radius 2 is 1.62 bits per heavy atom. The average molecular weight is 239 g/mol. The van der Waals surface area contributed by atoms with Gasteiger partial charge < -0.3 is 0 Å². The van der Waals surface area contributed by atoms with Crippen LogP contribution in [-0.2, 0) is 15.7 Å². The van der Waals surface area contributed by atoms with Crippen LogP contribution in [0, 0.1) is 0 Å². The lowest BCUT2D eigenvalue weighted by molar-refractivity contribution is 0.600. The molecule has 0 aliphatic carbocycles. The molecular formula is C8H8Cl2O2S. The molecule has 0 fully saturated rings. The molecule has 0 saturated heterocycles. The molecule has 0 heterocycles. The van der Waals surface area contributed by atoms with Crippen LogP contribution < -0.4 is 0 Å². The SMILES string of the molecule is O=S(=O)(CCl)c1ccc(CCl)cc1. The molecule has 0 radical (unpaired) electrons. The zero-order valence-corrected chi connectivity index (χ0v) is 9.03. The number of halogens is 2. The molecular weight excluding hydrogens is 231 g/mol. The minimum atomic E-state index is -3.30. The van der Waals surface area contributed by atoms with E-state index in [4.69, 9.17) is 23.2 Å². The Morgan fingerprint density at radius 1 is 1.08 bits per heavy atom. The second-order valence-electron chi connectivity index (χ2n) is 2.50. The lowest BCUT2D eigenvalue weighted by Gasteiger charge is -2.00. The molecule has 0 amide bonds. The second-order valence-corrected chi connectivity index (χ2v) is 5.34. The van der Waals surface area contributed by atoms with Gasteiger partial charge in [0.25, 0.3) is 0 Å². The Hall–Kier alpha value is -0.250. The molecule has 0 aliphatic rings. The molecule has 0 saturated carbocycles. The third-order valence-corrected chi connectivity index (χ3v) is 4.03. The van der Waals surface area contributed by atoms with Crippen molar-refractivity contribution in [3.05, 3.63) is 29.8 Å². The summed E-state index contributed by atoms with van der Waals surface area (Å²) < 4.78 is 22.5. The van der Waals surface area contributed by atoms with E-state index >= 15 is 0 Å². The van der Waals surface area contributed by atoms with E-state index < -0.39 is 15.0 Å². The summed E-state index contributed by atoms with van der Waals surface area (Å²) >= 11 is 10.8. The summed E-state index contributed by atoms with van der Waals surface area (Å²) in [5.74, 6) is 0.376. The first-order valence-corrected chi connectivity index (χ1v) is 6.26. The third kappa shape index (κ3) is 2.59. The first-order chi connectivity index (χ1) is 6.10. The van der Waals surface area contributed by atoms with Gasteiger partial charge in [-0.3, -0.25) is 0 Å². The predicted octanol–water partition coefficient (Wildman–Crippen LogP) is 2.40. The summed E-state index contributed by atoms with van der Waals surface area (Å²) in [5, 5.41) is -0.396. The molecule has 0 aromatic heterocycles. The Kier molecular flexibility index (Phi) is 3.59. The number of rotatable bonds is 3. The van der Waals surface area contributed by atoms with E-state index in [2.05, 4.69) is 0 Å². The van der Waals surface area contributed by atoms with E-state index in [1.807, 2.05) is 0 Å². The van der Waals surface area contributed by atoms with Gasteiger partial charge in [-0.1, -0.05) is 12.1 Å². The number of hydrogen-bond acceptors (Lipinski definition) is 2. The van der Waals surface area contributed by atoms with Gasteiger partial charge in [0, 0.05) is 5.88 Å². The Bertz CT molecular complexity index is 370. The summed E-state index contributed by atoms with van der Waals surface area (Å²) in [5.41, 5.74) is 0.884. The molecule has 13 heavy (non-hydrogen) atoms. The van der Waals surface area contributed by atoms with Gasteiger partial charge in [0.1, 0.15) is 5.21 Å². The van der Waals surface area contributed by atoms with Crippen LogP contribution in [0.1, 0.15) is 5.56 Å². The maximum atomic E-state index is 11.2. The second kappa shape index (κ2) is 4.31. The number of sulfone groups is 1. The van der Waals surface area contributed by atoms with Gasteiger partial charge in [0.2, 0.25) is 0 Å². The first-order valence-electron chi connectivity index (χ1n) is 3.54. The fourth-order valence-electron chi connectivity index (χ4n) is 0.849. The van der Waals surface area contributed by atoms with E-state index in [0.29, 0.717) is 5.88 Å². The highest BCUT2D eigenvalue weighted by atomic mass is 35.5. The van der Waals surface area contributed by atoms with E-state index in [0.717, 1.165) is 5.56 Å².